The van der Waals surface area contributed by atoms with Crippen molar-refractivity contribution in [2.75, 3.05) is 5.32 Å². The lowest BCUT2D eigenvalue weighted by atomic mass is 10.1. The van der Waals surface area contributed by atoms with Crippen LogP contribution in [0.5, 0.6) is 0 Å². The van der Waals surface area contributed by atoms with Gasteiger partial charge in [0.15, 0.2) is 0 Å². The van der Waals surface area contributed by atoms with E-state index < -0.39 is 16.9 Å². The van der Waals surface area contributed by atoms with Gasteiger partial charge in [-0.15, -0.1) is 0 Å². The minimum absolute atomic E-state index is 0.101. The molecule has 0 amide bonds. The molecule has 7 nitrogen and oxygen atoms in total. The second-order valence-electron chi connectivity index (χ2n) is 3.92. The molecule has 0 aliphatic heterocycles. The van der Waals surface area contributed by atoms with Crippen LogP contribution in [-0.2, 0) is 4.79 Å². The Hall–Kier alpha value is -2.62. The number of carboxylic acids is 1. The fourth-order valence-corrected chi connectivity index (χ4v) is 1.62. The fourth-order valence-electron chi connectivity index (χ4n) is 1.62. The molecule has 1 aromatic rings. The number of carboxylic acid groups (broad SMARTS) is 1. The molecule has 0 spiro atoms. The van der Waals surface area contributed by atoms with Gasteiger partial charge >= 0.3 is 5.97 Å². The normalized spacial score (nSPS) is 11.4. The number of carbonyl (C=O) groups is 1. The predicted molar refractivity (Wildman–Crippen MR) is 67.8 cm³/mol. The number of nitro groups is 1. The molecule has 7 heteroatoms. The van der Waals surface area contributed by atoms with Gasteiger partial charge in [-0.1, -0.05) is 13.3 Å². The summed E-state index contributed by atoms with van der Waals surface area (Å²) in [5.41, 5.74) is -0.0194. The van der Waals surface area contributed by atoms with Crippen LogP contribution in [0.1, 0.15) is 25.3 Å². The highest BCUT2D eigenvalue weighted by Gasteiger charge is 2.18. The molecule has 0 heterocycles. The highest BCUT2D eigenvalue weighted by Crippen LogP contribution is 2.22. The Kier molecular flexibility index (Phi) is 4.83. The molecule has 0 fully saturated rings. The van der Waals surface area contributed by atoms with Gasteiger partial charge in [0.25, 0.3) is 5.69 Å². The number of anilines is 1. The molecule has 0 aromatic heterocycles. The van der Waals surface area contributed by atoms with Gasteiger partial charge < -0.3 is 10.4 Å². The molecule has 0 radical (unpaired) electrons. The Morgan fingerprint density at radius 1 is 1.63 bits per heavy atom. The van der Waals surface area contributed by atoms with Crippen LogP contribution in [0, 0.1) is 21.4 Å². The molecule has 0 saturated heterocycles. The first kappa shape index (κ1) is 14.4. The maximum absolute atomic E-state index is 11.0. The predicted octanol–water partition coefficient (Wildman–Crippen LogP) is 2.13. The topological polar surface area (TPSA) is 116 Å². The zero-order valence-corrected chi connectivity index (χ0v) is 10.3. The SMILES string of the molecule is CCCC(Nc1ccc([N+](=O)[O-])c(C#N)c1)C(=O)O. The summed E-state index contributed by atoms with van der Waals surface area (Å²) in [5.74, 6) is -1.00. The monoisotopic (exact) mass is 263 g/mol. The van der Waals surface area contributed by atoms with E-state index in [1.54, 1.807) is 6.07 Å². The molecule has 0 aliphatic carbocycles. The van der Waals surface area contributed by atoms with Crippen molar-refractivity contribution in [3.63, 3.8) is 0 Å². The molecule has 1 unspecified atom stereocenters. The lowest BCUT2D eigenvalue weighted by Gasteiger charge is -2.14. The summed E-state index contributed by atoms with van der Waals surface area (Å²) in [4.78, 5) is 21.0. The Morgan fingerprint density at radius 2 is 2.32 bits per heavy atom. The van der Waals surface area contributed by atoms with E-state index in [4.69, 9.17) is 10.4 Å². The summed E-state index contributed by atoms with van der Waals surface area (Å²) >= 11 is 0. The molecule has 0 bridgehead atoms. The third kappa shape index (κ3) is 3.67. The molecule has 1 atom stereocenters. The largest absolute Gasteiger partial charge is 0.480 e. The maximum Gasteiger partial charge on any atom is 0.326 e. The molecule has 1 rings (SSSR count). The summed E-state index contributed by atoms with van der Waals surface area (Å²) in [5, 5.41) is 31.3. The molecule has 2 N–H and O–H groups in total. The van der Waals surface area contributed by atoms with Gasteiger partial charge in [-0.2, -0.15) is 5.26 Å². The first-order valence-electron chi connectivity index (χ1n) is 5.67. The number of nitriles is 1. The van der Waals surface area contributed by atoms with E-state index in [1.807, 2.05) is 6.92 Å². The first-order valence-corrected chi connectivity index (χ1v) is 5.67. The fraction of sp³-hybridized carbons (Fsp3) is 0.333. The van der Waals surface area contributed by atoms with E-state index in [0.29, 0.717) is 18.5 Å². The van der Waals surface area contributed by atoms with E-state index in [2.05, 4.69) is 5.32 Å². The van der Waals surface area contributed by atoms with E-state index in [9.17, 15) is 14.9 Å². The molecule has 1 aromatic carbocycles. The van der Waals surface area contributed by atoms with Crippen molar-refractivity contribution in [3.05, 3.63) is 33.9 Å². The van der Waals surface area contributed by atoms with Crippen molar-refractivity contribution in [1.82, 2.24) is 0 Å². The van der Waals surface area contributed by atoms with Crippen LogP contribution in [0.25, 0.3) is 0 Å². The number of nitrogens with one attached hydrogen (secondary N) is 1. The van der Waals surface area contributed by atoms with Crippen molar-refractivity contribution in [3.8, 4) is 6.07 Å². The second-order valence-corrected chi connectivity index (χ2v) is 3.92. The van der Waals surface area contributed by atoms with Crippen LogP contribution in [-0.4, -0.2) is 22.0 Å². The van der Waals surface area contributed by atoms with Gasteiger partial charge in [-0.3, -0.25) is 10.1 Å². The zero-order valence-electron chi connectivity index (χ0n) is 10.3. The standard InChI is InChI=1S/C12H13N3O4/c1-2-3-10(12(16)17)14-9-4-5-11(15(18)19)8(6-9)7-13/h4-6,10,14H,2-3H2,1H3,(H,16,17). The van der Waals surface area contributed by atoms with E-state index in [1.165, 1.54) is 18.2 Å². The number of nitro benzene ring substituents is 1. The summed E-state index contributed by atoms with van der Waals surface area (Å²) in [7, 11) is 0. The highest BCUT2D eigenvalue weighted by molar-refractivity contribution is 5.77. The Labute approximate surface area is 109 Å². The number of aliphatic carboxylic acids is 1. The van der Waals surface area contributed by atoms with Crippen molar-refractivity contribution in [1.29, 1.82) is 5.26 Å². The number of hydrogen-bond acceptors (Lipinski definition) is 5. The van der Waals surface area contributed by atoms with E-state index >= 15 is 0 Å². The van der Waals surface area contributed by atoms with Gasteiger partial charge in [0, 0.05) is 11.8 Å². The number of hydrogen-bond donors (Lipinski definition) is 2. The molecule has 0 saturated carbocycles. The van der Waals surface area contributed by atoms with Gasteiger partial charge in [0.05, 0.1) is 4.92 Å². The van der Waals surface area contributed by atoms with Crippen LogP contribution in [0.4, 0.5) is 11.4 Å². The second kappa shape index (κ2) is 6.35. The van der Waals surface area contributed by atoms with E-state index in [-0.39, 0.29) is 11.3 Å². The van der Waals surface area contributed by atoms with Crippen molar-refractivity contribution < 1.29 is 14.8 Å². The van der Waals surface area contributed by atoms with Crippen LogP contribution in [0.3, 0.4) is 0 Å². The van der Waals surface area contributed by atoms with Gasteiger partial charge in [-0.05, 0) is 18.6 Å². The van der Waals surface area contributed by atoms with Crippen LogP contribution >= 0.6 is 0 Å². The van der Waals surface area contributed by atoms with Gasteiger partial charge in [0.2, 0.25) is 0 Å². The summed E-state index contributed by atoms with van der Waals surface area (Å²) in [6.45, 7) is 1.86. The minimum atomic E-state index is -1.00. The lowest BCUT2D eigenvalue weighted by molar-refractivity contribution is -0.385. The summed E-state index contributed by atoms with van der Waals surface area (Å²) < 4.78 is 0. The number of benzene rings is 1. The number of rotatable bonds is 6. The van der Waals surface area contributed by atoms with Gasteiger partial charge in [-0.25, -0.2) is 4.79 Å². The van der Waals surface area contributed by atoms with Crippen molar-refractivity contribution >= 4 is 17.3 Å². The molecular weight excluding hydrogens is 250 g/mol. The Morgan fingerprint density at radius 3 is 2.79 bits per heavy atom. The lowest BCUT2D eigenvalue weighted by Crippen LogP contribution is -2.28. The smallest absolute Gasteiger partial charge is 0.326 e. The Bertz CT molecular complexity index is 536. The molecule has 0 aliphatic rings. The van der Waals surface area contributed by atoms with Crippen LogP contribution in [0.2, 0.25) is 0 Å². The molecular formula is C12H13N3O4. The van der Waals surface area contributed by atoms with Crippen LogP contribution in [0.15, 0.2) is 18.2 Å². The zero-order chi connectivity index (χ0) is 14.4. The molecule has 100 valence electrons. The van der Waals surface area contributed by atoms with Gasteiger partial charge in [0.1, 0.15) is 17.7 Å². The van der Waals surface area contributed by atoms with Crippen molar-refractivity contribution in [2.24, 2.45) is 0 Å². The minimum Gasteiger partial charge on any atom is -0.480 e. The van der Waals surface area contributed by atoms with E-state index in [0.717, 1.165) is 0 Å². The summed E-state index contributed by atoms with van der Waals surface area (Å²) in [6, 6.07) is 4.80. The third-order valence-electron chi connectivity index (χ3n) is 2.53. The third-order valence-corrected chi connectivity index (χ3v) is 2.53. The Balaban J connectivity index is 3.00. The first-order chi connectivity index (χ1) is 8.99. The van der Waals surface area contributed by atoms with Crippen LogP contribution < -0.4 is 5.32 Å². The quantitative estimate of drug-likeness (QED) is 0.599. The van der Waals surface area contributed by atoms with Crippen molar-refractivity contribution in [2.45, 2.75) is 25.8 Å². The highest BCUT2D eigenvalue weighted by atomic mass is 16.6. The number of nitrogens with zero attached hydrogens (tertiary/aromatic N) is 2. The average Bonchev–Trinajstić information content (AvgIpc) is 2.37. The average molecular weight is 263 g/mol. The molecule has 19 heavy (non-hydrogen) atoms. The summed E-state index contributed by atoms with van der Waals surface area (Å²) in [6.07, 6.45) is 1.11. The maximum atomic E-state index is 11.0.